The second-order valence-corrected chi connectivity index (χ2v) is 23.2. The van der Waals surface area contributed by atoms with Crippen LogP contribution >= 0.6 is 11.6 Å². The third kappa shape index (κ3) is 26.3. The zero-order chi connectivity index (χ0) is 76.7. The number of aromatic nitrogens is 6. The topological polar surface area (TPSA) is 379 Å². The first kappa shape index (κ1) is 81.7. The molecule has 549 valence electrons. The van der Waals surface area contributed by atoms with E-state index in [-0.39, 0.29) is 18.5 Å². The second-order valence-electron chi connectivity index (χ2n) is 22.7. The fourth-order valence-electron chi connectivity index (χ4n) is 9.76. The van der Waals surface area contributed by atoms with Crippen molar-refractivity contribution in [2.24, 2.45) is 0 Å². The summed E-state index contributed by atoms with van der Waals surface area (Å²) in [6.45, 7) is 4.05. The molecule has 0 atom stereocenters. The van der Waals surface area contributed by atoms with E-state index in [9.17, 15) is 28.8 Å². The molecule has 1 amide bonds. The van der Waals surface area contributed by atoms with E-state index in [4.69, 9.17) is 55.8 Å². The van der Waals surface area contributed by atoms with Gasteiger partial charge in [0, 0.05) is 66.4 Å². The van der Waals surface area contributed by atoms with Gasteiger partial charge in [0.1, 0.15) is 41.5 Å². The van der Waals surface area contributed by atoms with E-state index in [1.807, 2.05) is 133 Å². The minimum atomic E-state index is -1.44. The van der Waals surface area contributed by atoms with E-state index >= 15 is 0 Å². The van der Waals surface area contributed by atoms with Gasteiger partial charge < -0.3 is 66.3 Å². The number of allylic oxidation sites excluding steroid dienone is 6. The van der Waals surface area contributed by atoms with Gasteiger partial charge in [0.15, 0.2) is 0 Å². The number of aromatic amines is 3. The molecule has 26 heteroatoms. The number of hydrogen-bond donors (Lipinski definition) is 8. The summed E-state index contributed by atoms with van der Waals surface area (Å²) in [4.78, 5) is 90.2. The number of benzene rings is 9. The summed E-state index contributed by atoms with van der Waals surface area (Å²) in [5, 5.41) is 11.3. The molecule has 2 fully saturated rings. The number of nitrogen functional groups attached to an aromatic ring is 3. The standard InChI is InChI=1S/C15H14N2O3.C15H12N2O2.C14H12N2O.C14H10N2O.C8H10N2O2.C7H4ClO.2C4H8O.Mn.2O/c1-20-15(19)11-7-8-12(16)13(9-11)17-14(18)10-5-3-2-4-6-10;1-19-15(18)11-7-8-12-13(9-11)17-14(16-12)10-5-3-2-4-6-10;2*17-9-10-6-7-12-13(8-10)16-14(15-12)11-4-2-1-3-5-11;1-12-8(11)5-2-3-6(9)7(10)4-5;8-7(9)6-4-2-1-3-5-6;2*1-2-4-5-3-1;;;/h2-9H,16H2,1H3,(H,17,18);2-9H,1H3,(H,16,17);1-8,17H,9H2,(H,15,16);1-9H,(H,15,16);2-4H,9-10H2,1H3;1-2,4-5H;2*1-4H2;;;/q;;;;;+1;;;;;. The predicted molar refractivity (Wildman–Crippen MR) is 408 cm³/mol. The van der Waals surface area contributed by atoms with Crippen LogP contribution in [0.2, 0.25) is 0 Å². The van der Waals surface area contributed by atoms with Crippen molar-refractivity contribution in [3.63, 3.8) is 0 Å². The number of amides is 1. The molecule has 0 radical (unpaired) electrons. The number of nitrogens with zero attached hydrogens (tertiary/aromatic N) is 3. The summed E-state index contributed by atoms with van der Waals surface area (Å²) < 4.78 is 40.5. The van der Waals surface area contributed by atoms with Crippen LogP contribution in [0.4, 0.5) is 22.7 Å². The van der Waals surface area contributed by atoms with Gasteiger partial charge in [-0.15, -0.1) is 0 Å². The molecular formula is C81H78ClMnN10O14+. The van der Waals surface area contributed by atoms with Crippen LogP contribution in [0, 0.1) is 6.08 Å². The third-order valence-electron chi connectivity index (χ3n) is 15.3. The molecule has 12 aromatic rings. The molecule has 15 rings (SSSR count). The maximum atomic E-state index is 12.0. The number of aliphatic hydroxyl groups excluding tert-OH is 1. The number of nitrogens with two attached hydrogens (primary N) is 3. The number of nitrogens with one attached hydrogen (secondary N) is 4. The Balaban J connectivity index is 0.000000175. The molecule has 24 nitrogen and oxygen atoms in total. The van der Waals surface area contributed by atoms with Crippen LogP contribution in [0.1, 0.15) is 83.0 Å². The van der Waals surface area contributed by atoms with Crippen LogP contribution in [0.3, 0.4) is 0 Å². The van der Waals surface area contributed by atoms with Crippen molar-refractivity contribution >= 4 is 103 Å². The predicted octanol–water partition coefficient (Wildman–Crippen LogP) is 14.7. The molecule has 3 aliphatic rings. The van der Waals surface area contributed by atoms with Gasteiger partial charge in [0.25, 0.3) is 5.91 Å². The number of aliphatic hydroxyl groups is 1. The summed E-state index contributed by atoms with van der Waals surface area (Å²) in [7, 11) is 3.98. The van der Waals surface area contributed by atoms with Gasteiger partial charge in [0.05, 0.1) is 107 Å². The Morgan fingerprint density at radius 2 is 0.935 bits per heavy atom. The first-order chi connectivity index (χ1) is 52.0. The average Bonchev–Trinajstić information content (AvgIpc) is 1.69. The van der Waals surface area contributed by atoms with E-state index in [2.05, 4.69) is 50.8 Å². The van der Waals surface area contributed by atoms with Crippen molar-refractivity contribution in [3.05, 3.63) is 282 Å². The molecule has 0 unspecified atom stereocenters. The monoisotopic (exact) mass is 1500 g/mol. The first-order valence-corrected chi connectivity index (χ1v) is 34.4. The second kappa shape index (κ2) is 44.2. The van der Waals surface area contributed by atoms with E-state index in [1.54, 1.807) is 91.0 Å². The SMILES string of the molecule is C1CCOC1.C1CCOC1.COC(=O)c1ccc(N)c(N)c1.COC(=O)c1ccc(N)c(NC(=O)c2ccccc2)c1.COC(=O)c1ccc2nc(-c3ccccc3)[nH]c2c1.O=C(Cl)C1=CC=C[C+]=C1.O=Cc1ccc2nc(-c3ccccc3)[nH]c2c1.OCc1ccc2nc(-c3ccccc3)[nH]c2c1.[O]=[Mn]=[O]. The molecule has 0 spiro atoms. The number of H-pyrrole nitrogens is 3. The molecule has 1 aliphatic carbocycles. The van der Waals surface area contributed by atoms with Crippen LogP contribution in [0.5, 0.6) is 0 Å². The number of methoxy groups -OCH3 is 3. The number of carbonyl (C=O) groups is 6. The van der Waals surface area contributed by atoms with Crippen LogP contribution < -0.4 is 22.5 Å². The fourth-order valence-corrected chi connectivity index (χ4v) is 9.88. The molecule has 107 heavy (non-hydrogen) atoms. The van der Waals surface area contributed by atoms with E-state index in [1.165, 1.54) is 59.1 Å². The zero-order valence-corrected chi connectivity index (χ0v) is 60.5. The molecule has 0 saturated carbocycles. The number of ether oxygens (including phenoxy) is 5. The average molecular weight is 1510 g/mol. The Morgan fingerprint density at radius 3 is 1.34 bits per heavy atom. The summed E-state index contributed by atoms with van der Waals surface area (Å²) >= 11 is 3.71. The summed E-state index contributed by atoms with van der Waals surface area (Å²) in [5.74, 6) is 0.927. The van der Waals surface area contributed by atoms with Gasteiger partial charge in [-0.05, 0) is 140 Å². The molecule has 0 bridgehead atoms. The number of halogens is 1. The number of imidazole rings is 3. The van der Waals surface area contributed by atoms with Crippen molar-refractivity contribution in [2.75, 3.05) is 70.3 Å². The summed E-state index contributed by atoms with van der Waals surface area (Å²) in [6, 6.07) is 64.1. The minimum absolute atomic E-state index is 0.0512. The number of fused-ring (bicyclic) bond motifs is 3. The van der Waals surface area contributed by atoms with Crippen LogP contribution in [-0.4, -0.2) is 118 Å². The number of carbonyl (C=O) groups excluding carboxylic acids is 6. The Bertz CT molecular complexity index is 4990. The van der Waals surface area contributed by atoms with Crippen molar-refractivity contribution in [1.29, 1.82) is 0 Å². The molecule has 9 aromatic carbocycles. The van der Waals surface area contributed by atoms with Gasteiger partial charge in [-0.1, -0.05) is 115 Å². The molecule has 2 aliphatic heterocycles. The first-order valence-electron chi connectivity index (χ1n) is 33.1. The van der Waals surface area contributed by atoms with Crippen LogP contribution in [0.25, 0.3) is 67.3 Å². The quantitative estimate of drug-likeness (QED) is 0.0113. The number of aldehydes is 1. The van der Waals surface area contributed by atoms with Crippen LogP contribution in [-0.2, 0) is 57.6 Å². The van der Waals surface area contributed by atoms with E-state index in [0.29, 0.717) is 56.1 Å². The van der Waals surface area contributed by atoms with Gasteiger partial charge in [-0.3, -0.25) is 14.4 Å². The van der Waals surface area contributed by atoms with Gasteiger partial charge in [-0.25, -0.2) is 29.3 Å². The van der Waals surface area contributed by atoms with E-state index in [0.717, 1.165) is 106 Å². The van der Waals surface area contributed by atoms with Crippen molar-refractivity contribution in [1.82, 2.24) is 29.9 Å². The van der Waals surface area contributed by atoms with Crippen molar-refractivity contribution in [2.45, 2.75) is 32.3 Å². The number of anilines is 4. The van der Waals surface area contributed by atoms with Crippen molar-refractivity contribution in [3.8, 4) is 34.2 Å². The summed E-state index contributed by atoms with van der Waals surface area (Å²) in [5.41, 5.74) is 30.5. The Hall–Kier alpha value is -12.6. The van der Waals surface area contributed by atoms with Crippen molar-refractivity contribution < 1.29 is 80.0 Å². The summed E-state index contributed by atoms with van der Waals surface area (Å²) in [6.07, 6.45) is 15.3. The van der Waals surface area contributed by atoms with Gasteiger partial charge in [0.2, 0.25) is 0 Å². The molecule has 3 aromatic heterocycles. The molecule has 2 saturated heterocycles. The Kier molecular flexibility index (Phi) is 33.7. The maximum absolute atomic E-state index is 12.0. The molecule has 11 N–H and O–H groups in total. The van der Waals surface area contributed by atoms with Gasteiger partial charge in [-0.2, -0.15) is 0 Å². The Labute approximate surface area is 627 Å². The molecular weight excluding hydrogens is 1430 g/mol. The third-order valence-corrected chi connectivity index (χ3v) is 15.5. The Morgan fingerprint density at radius 1 is 0.523 bits per heavy atom. The molecule has 5 heterocycles. The normalized spacial score (nSPS) is 11.8. The van der Waals surface area contributed by atoms with Crippen LogP contribution in [0.15, 0.2) is 242 Å². The zero-order valence-electron chi connectivity index (χ0n) is 58.5. The number of hydrogen-bond acceptors (Lipinski definition) is 20. The number of rotatable bonds is 11. The fraction of sp³-hybridized carbons (Fsp3) is 0.148. The van der Waals surface area contributed by atoms with Gasteiger partial charge >= 0.3 is 45.6 Å². The number of esters is 3. The van der Waals surface area contributed by atoms with E-state index < -0.39 is 32.0 Å².